The van der Waals surface area contributed by atoms with E-state index in [1.54, 1.807) is 4.83 Å². The van der Waals surface area contributed by atoms with Gasteiger partial charge in [0.05, 0.1) is 44.2 Å². The number of sulfonamides is 2. The molecule has 0 unspecified atom stereocenters. The van der Waals surface area contributed by atoms with E-state index in [-0.39, 0.29) is 32.5 Å². The Bertz CT molecular complexity index is 2680. The first-order valence-corrected chi connectivity index (χ1v) is 18.4. The third-order valence-electron chi connectivity index (χ3n) is 6.94. The maximum atomic E-state index is 13.5. The lowest BCUT2D eigenvalue weighted by atomic mass is 10.1. The molecule has 5 N–H and O–H groups in total. The second-order valence-corrected chi connectivity index (χ2v) is 14.5. The molecule has 0 saturated carbocycles. The Hall–Kier alpha value is -6.43. The minimum absolute atomic E-state index is 0.0668. The summed E-state index contributed by atoms with van der Waals surface area (Å²) in [6, 6.07) is 13.5. The third kappa shape index (κ3) is 9.42. The quantitative estimate of drug-likeness (QED) is 0.0667. The molecule has 0 bridgehead atoms. The summed E-state index contributed by atoms with van der Waals surface area (Å²) in [7, 11) is -7.83. The highest BCUT2D eigenvalue weighted by Gasteiger charge is 2.21. The van der Waals surface area contributed by atoms with Gasteiger partial charge in [0.2, 0.25) is 25.9 Å². The van der Waals surface area contributed by atoms with Crippen LogP contribution in [0.5, 0.6) is 0 Å². The zero-order valence-electron chi connectivity index (χ0n) is 26.9. The van der Waals surface area contributed by atoms with Gasteiger partial charge in [-0.3, -0.25) is 29.8 Å². The molecule has 0 saturated heterocycles. The van der Waals surface area contributed by atoms with Gasteiger partial charge in [0, 0.05) is 18.7 Å². The van der Waals surface area contributed by atoms with Gasteiger partial charge in [0.25, 0.3) is 16.8 Å². The van der Waals surface area contributed by atoms with Crippen molar-refractivity contribution in [1.29, 1.82) is 0 Å². The molecule has 5 aromatic rings. The molecule has 0 aliphatic heterocycles. The summed E-state index contributed by atoms with van der Waals surface area (Å²) in [5.41, 5.74) is -4.61. The number of benzene rings is 3. The normalized spacial score (nSPS) is 11.4. The van der Waals surface area contributed by atoms with Crippen molar-refractivity contribution in [3.05, 3.63) is 128 Å². The number of nitrogens with one attached hydrogen (secondary N) is 5. The molecule has 0 atom stereocenters. The van der Waals surface area contributed by atoms with Gasteiger partial charge in [-0.25, -0.2) is 36.1 Å². The van der Waals surface area contributed by atoms with Gasteiger partial charge in [0.1, 0.15) is 5.69 Å². The third-order valence-corrected chi connectivity index (χ3v) is 7.97. The van der Waals surface area contributed by atoms with Crippen molar-refractivity contribution in [2.45, 2.75) is 19.3 Å². The highest BCUT2D eigenvalue weighted by molar-refractivity contribution is 7.91. The van der Waals surface area contributed by atoms with E-state index in [1.807, 2.05) is 35.2 Å². The number of H-pyrrole nitrogens is 2. The van der Waals surface area contributed by atoms with Crippen LogP contribution in [0.2, 0.25) is 0 Å². The topological polar surface area (TPSA) is 300 Å². The summed E-state index contributed by atoms with van der Waals surface area (Å²) >= 11 is 0. The molecule has 0 spiro atoms. The van der Waals surface area contributed by atoms with Crippen molar-refractivity contribution in [1.82, 2.24) is 19.3 Å². The fourth-order valence-electron chi connectivity index (χ4n) is 4.73. The van der Waals surface area contributed by atoms with Crippen LogP contribution in [-0.2, 0) is 26.5 Å². The number of hydrogen-bond acceptors (Lipinski definition) is 13. The molecule has 2 heterocycles. The second-order valence-electron chi connectivity index (χ2n) is 11.0. The molecule has 0 aliphatic carbocycles. The van der Waals surface area contributed by atoms with Crippen molar-refractivity contribution < 1.29 is 31.1 Å². The van der Waals surface area contributed by atoms with E-state index in [1.165, 1.54) is 11.6 Å². The average Bonchev–Trinajstić information content (AvgIpc) is 3.04. The molecule has 24 heteroatoms. The number of aryl methyl sites for hydroxylation is 1. The Balaban J connectivity index is 0.000000251. The van der Waals surface area contributed by atoms with Crippen LogP contribution < -0.4 is 37.5 Å². The fourth-order valence-corrected chi connectivity index (χ4v) is 5.73. The smallest absolute Gasteiger partial charge is 0.348 e. The van der Waals surface area contributed by atoms with E-state index < -0.39 is 69.3 Å². The minimum Gasteiger partial charge on any atom is -0.379 e. The zero-order valence-corrected chi connectivity index (χ0v) is 28.5. The minimum atomic E-state index is -3.93. The number of nitro benzene ring substituents is 2. The SMILES string of the molecule is CS(=O)(=O)Nn1c(=O)[nH]c2cc([N+](=O)[O-])c(F)cc2c1=O.CS(=O)(=O)Nn1c(=O)[nH]c2cc([N+](=O)[O-])c(NCCCCc3ccccc3)cc2c1=O. The second kappa shape index (κ2) is 15.2. The van der Waals surface area contributed by atoms with Crippen LogP contribution in [0.1, 0.15) is 18.4 Å². The number of unbranched alkanes of at least 4 members (excludes halogenated alkanes) is 1. The number of hydrogen-bond donors (Lipinski definition) is 5. The van der Waals surface area contributed by atoms with Crippen LogP contribution in [0, 0.1) is 26.0 Å². The van der Waals surface area contributed by atoms with Crippen LogP contribution >= 0.6 is 0 Å². The average molecular weight is 766 g/mol. The molecule has 0 amide bonds. The lowest BCUT2D eigenvalue weighted by molar-refractivity contribution is -0.387. The summed E-state index contributed by atoms with van der Waals surface area (Å²) in [6.45, 7) is 0.429. The van der Waals surface area contributed by atoms with Gasteiger partial charge < -0.3 is 15.3 Å². The maximum absolute atomic E-state index is 13.5. The van der Waals surface area contributed by atoms with Crippen molar-refractivity contribution >= 4 is 58.9 Å². The molecular weight excluding hydrogens is 737 g/mol. The van der Waals surface area contributed by atoms with E-state index in [4.69, 9.17) is 0 Å². The zero-order chi connectivity index (χ0) is 38.5. The molecule has 21 nitrogen and oxygen atoms in total. The van der Waals surface area contributed by atoms with Crippen LogP contribution in [0.15, 0.2) is 73.8 Å². The van der Waals surface area contributed by atoms with E-state index in [0.29, 0.717) is 29.6 Å². The maximum Gasteiger partial charge on any atom is 0.348 e. The predicted octanol–water partition coefficient (Wildman–Crippen LogP) is 0.776. The number of aromatic nitrogens is 4. The molecule has 0 radical (unpaired) electrons. The van der Waals surface area contributed by atoms with E-state index in [2.05, 4.69) is 15.3 Å². The van der Waals surface area contributed by atoms with Crippen molar-refractivity contribution in [3.63, 3.8) is 0 Å². The number of rotatable bonds is 12. The highest BCUT2D eigenvalue weighted by Crippen LogP contribution is 2.28. The highest BCUT2D eigenvalue weighted by atomic mass is 32.2. The van der Waals surface area contributed by atoms with Crippen molar-refractivity contribution in [3.8, 4) is 0 Å². The molecule has 0 fully saturated rings. The largest absolute Gasteiger partial charge is 0.379 e. The standard InChI is InChI=1S/C19H21N5O6S.C9H7FN4O6S/c1-31(29,30)22-23-18(25)14-11-16(17(24(27)28)12-15(14)21-19(23)26)20-10-6-5-9-13-7-3-2-4-8-13;1-21(19,20)12-13-8(15)4-2-5(10)7(14(17)18)3-6(4)11-9(13)16/h2-4,7-8,11-12,20,22H,5-6,9-10H2,1H3,(H,21,26);2-3,12H,1H3,(H,11,16). The molecule has 52 heavy (non-hydrogen) atoms. The number of halogens is 1. The van der Waals surface area contributed by atoms with Crippen molar-refractivity contribution in [2.75, 3.05) is 34.0 Å². The lowest BCUT2D eigenvalue weighted by Gasteiger charge is -2.10. The van der Waals surface area contributed by atoms with Crippen LogP contribution in [0.4, 0.5) is 21.5 Å². The van der Waals surface area contributed by atoms with Gasteiger partial charge >= 0.3 is 17.1 Å². The van der Waals surface area contributed by atoms with Crippen molar-refractivity contribution in [2.24, 2.45) is 0 Å². The molecule has 0 aliphatic rings. The van der Waals surface area contributed by atoms with Gasteiger partial charge in [-0.05, 0) is 37.0 Å². The molecule has 276 valence electrons. The summed E-state index contributed by atoms with van der Waals surface area (Å²) < 4.78 is 58.9. The molecule has 3 aromatic carbocycles. The number of nitro groups is 2. The molecule has 5 rings (SSSR count). The Morgan fingerprint density at radius 1 is 0.731 bits per heavy atom. The first-order valence-electron chi connectivity index (χ1n) is 14.6. The monoisotopic (exact) mass is 765 g/mol. The number of nitrogens with zero attached hydrogens (tertiary/aromatic N) is 4. The Morgan fingerprint density at radius 2 is 1.21 bits per heavy atom. The number of anilines is 1. The first-order chi connectivity index (χ1) is 24.3. The van der Waals surface area contributed by atoms with Crippen LogP contribution in [-0.4, -0.2) is 65.1 Å². The van der Waals surface area contributed by atoms with Gasteiger partial charge in [-0.15, -0.1) is 0 Å². The van der Waals surface area contributed by atoms with Crippen LogP contribution in [0.25, 0.3) is 21.8 Å². The molecular formula is C28H28FN9O12S2. The number of fused-ring (bicyclic) bond motifs is 2. The summed E-state index contributed by atoms with van der Waals surface area (Å²) in [5.74, 6) is -1.29. The summed E-state index contributed by atoms with van der Waals surface area (Å²) in [5, 5.41) is 24.5. The van der Waals surface area contributed by atoms with Gasteiger partial charge in [-0.2, -0.15) is 13.7 Å². The number of aromatic amines is 2. The van der Waals surface area contributed by atoms with Gasteiger partial charge in [-0.1, -0.05) is 30.3 Å². The Labute approximate surface area is 290 Å². The predicted molar refractivity (Wildman–Crippen MR) is 187 cm³/mol. The lowest BCUT2D eigenvalue weighted by Crippen LogP contribution is -2.43. The molecule has 2 aromatic heterocycles. The van der Waals surface area contributed by atoms with E-state index in [0.717, 1.165) is 31.6 Å². The summed E-state index contributed by atoms with van der Waals surface area (Å²) in [6.07, 6.45) is 3.96. The van der Waals surface area contributed by atoms with E-state index in [9.17, 15) is 60.6 Å². The summed E-state index contributed by atoms with van der Waals surface area (Å²) in [4.78, 5) is 76.4. The van der Waals surface area contributed by atoms with Crippen LogP contribution in [0.3, 0.4) is 0 Å². The fraction of sp³-hybridized carbons (Fsp3) is 0.214. The van der Waals surface area contributed by atoms with E-state index >= 15 is 0 Å². The first kappa shape index (κ1) is 38.4. The Morgan fingerprint density at radius 3 is 1.69 bits per heavy atom. The Kier molecular flexibility index (Phi) is 11.2. The van der Waals surface area contributed by atoms with Gasteiger partial charge in [0.15, 0.2) is 0 Å².